The van der Waals surface area contributed by atoms with Gasteiger partial charge in [-0.05, 0) is 43.9 Å². The normalized spacial score (nSPS) is 44.4. The first kappa shape index (κ1) is 35.7. The third-order valence-electron chi connectivity index (χ3n) is 14.2. The molecule has 5 saturated carbocycles. The maximum Gasteiger partial charge on any atom is 0.340 e. The number of nitrogens with two attached hydrogens (primary N) is 1. The number of nitrogens with one attached hydrogen (secondary N) is 1. The third-order valence-corrected chi connectivity index (χ3v) is 14.2. The molecule has 7 rings (SSSR count). The summed E-state index contributed by atoms with van der Waals surface area (Å²) in [6.07, 6.45) is 0.591. The lowest BCUT2D eigenvalue weighted by Crippen LogP contribution is -2.82. The smallest absolute Gasteiger partial charge is 0.340 e. The number of hydrogen-bond acceptors (Lipinski definition) is 11. The Morgan fingerprint density at radius 2 is 1.82 bits per heavy atom. The zero-order valence-corrected chi connectivity index (χ0v) is 29.9. The molecule has 6 aliphatic rings. The van der Waals surface area contributed by atoms with E-state index in [4.69, 9.17) is 29.4 Å². The monoisotopic (exact) mass is 699 g/mol. The fraction of sp³-hybridized carbons (Fsp3) is 0.757. The molecule has 2 amide bonds. The molecule has 14 atom stereocenters. The average molecular weight is 700 g/mol. The first-order valence-electron chi connectivity index (χ1n) is 18.0. The number of carbonyl (C=O) groups is 3. The number of carbonyl (C=O) groups excluding carboxylic acids is 3. The molecule has 0 radical (unpaired) electrons. The van der Waals surface area contributed by atoms with Crippen LogP contribution in [0.1, 0.15) is 56.3 Å². The SMILES string of the molecule is CCN1C[C@]2(COC(=O)c3ccccc3NC(=O)C[C@H](C)C(N)=O)CC[C@H](OC)[C@@]34[C@@H]5C[C@H]6[C@H](OC)[C@@H]5[C@](O)(C[C@H]6OC)[C@@](O)([C@@H](OC)[C@H]23)[C@@H]14. The highest BCUT2D eigenvalue weighted by atomic mass is 16.5. The summed E-state index contributed by atoms with van der Waals surface area (Å²) in [6.45, 7) is 4.82. The fourth-order valence-electron chi connectivity index (χ4n) is 12.6. The number of likely N-dealkylation sites (tertiary alicyclic amines) is 1. The molecule has 1 saturated heterocycles. The standard InChI is InChI=1S/C37H53N3O10/c1-7-40-17-34(18-50-32(43)20-10-8-9-11-23(20)39-26(41)14-19(2)31(38)42)13-12-25(47-4)36-22-15-21-24(46-3)16-35(44,27(22)28(21)48-5)37(45,33(36)40)30(49-6)29(34)36/h8-11,19,21-22,24-25,27-30,33,44-45H,7,12-18H2,1-6H3,(H2,38,42)(H,39,41)/t19-,21+,22+,24+,25-,27+,28-,29+,30-,33-,34-,35+,36-,37+/m0/s1. The minimum absolute atomic E-state index is 0.0405. The number of hydrogen-bond donors (Lipinski definition) is 4. The summed E-state index contributed by atoms with van der Waals surface area (Å²) in [5.41, 5.74) is 1.27. The van der Waals surface area contributed by atoms with Crippen molar-refractivity contribution in [2.45, 2.75) is 87.6 Å². The van der Waals surface area contributed by atoms with Gasteiger partial charge in [-0.25, -0.2) is 4.79 Å². The number of ether oxygens (including phenoxy) is 5. The van der Waals surface area contributed by atoms with Crippen LogP contribution in [0.2, 0.25) is 0 Å². The highest BCUT2D eigenvalue weighted by molar-refractivity contribution is 6.02. The van der Waals surface area contributed by atoms with Gasteiger partial charge in [0.25, 0.3) is 0 Å². The number of likely N-dealkylation sites (N-methyl/N-ethyl adjacent to an activating group) is 1. The van der Waals surface area contributed by atoms with E-state index in [1.54, 1.807) is 59.6 Å². The molecule has 1 spiro atoms. The van der Waals surface area contributed by atoms with E-state index in [-0.39, 0.29) is 72.7 Å². The average Bonchev–Trinajstić information content (AvgIpc) is 3.52. The van der Waals surface area contributed by atoms with Crippen LogP contribution >= 0.6 is 0 Å². The highest BCUT2D eigenvalue weighted by Crippen LogP contribution is 2.80. The van der Waals surface area contributed by atoms with E-state index >= 15 is 0 Å². The number of anilines is 1. The summed E-state index contributed by atoms with van der Waals surface area (Å²) >= 11 is 0. The Bertz CT molecular complexity index is 1530. The second kappa shape index (κ2) is 12.5. The zero-order valence-electron chi connectivity index (χ0n) is 29.9. The summed E-state index contributed by atoms with van der Waals surface area (Å²) < 4.78 is 31.3. The van der Waals surface area contributed by atoms with Crippen molar-refractivity contribution >= 4 is 23.5 Å². The minimum atomic E-state index is -1.70. The van der Waals surface area contributed by atoms with Crippen LogP contribution in [0, 0.1) is 40.4 Å². The van der Waals surface area contributed by atoms with Gasteiger partial charge < -0.3 is 44.9 Å². The lowest BCUT2D eigenvalue weighted by atomic mass is 9.42. The predicted molar refractivity (Wildman–Crippen MR) is 180 cm³/mol. The van der Waals surface area contributed by atoms with Crippen LogP contribution in [-0.4, -0.2) is 123 Å². The molecule has 13 nitrogen and oxygen atoms in total. The summed E-state index contributed by atoms with van der Waals surface area (Å²) in [5.74, 6) is -3.01. The van der Waals surface area contributed by atoms with Crippen LogP contribution in [0.15, 0.2) is 24.3 Å². The molecule has 5 aliphatic carbocycles. The number of amides is 2. The van der Waals surface area contributed by atoms with Crippen LogP contribution in [0.5, 0.6) is 0 Å². The molecule has 6 fully saturated rings. The molecule has 1 aromatic rings. The van der Waals surface area contributed by atoms with Crippen LogP contribution in [0.4, 0.5) is 5.69 Å². The maximum absolute atomic E-state index is 13.9. The Morgan fingerprint density at radius 3 is 2.46 bits per heavy atom. The molecule has 1 aliphatic heterocycles. The molecule has 1 heterocycles. The number of primary amides is 1. The third kappa shape index (κ3) is 4.46. The van der Waals surface area contributed by atoms with Crippen molar-refractivity contribution in [1.82, 2.24) is 4.90 Å². The van der Waals surface area contributed by atoms with Crippen molar-refractivity contribution in [3.05, 3.63) is 29.8 Å². The first-order chi connectivity index (χ1) is 23.8. The lowest BCUT2D eigenvalue weighted by Gasteiger charge is -2.70. The van der Waals surface area contributed by atoms with Crippen LogP contribution in [0.3, 0.4) is 0 Å². The van der Waals surface area contributed by atoms with Crippen molar-refractivity contribution in [3.63, 3.8) is 0 Å². The Hall–Kier alpha value is -2.65. The molecule has 5 N–H and O–H groups in total. The molecule has 1 aromatic carbocycles. The number of benzene rings is 1. The fourth-order valence-corrected chi connectivity index (χ4v) is 12.6. The van der Waals surface area contributed by atoms with Crippen LogP contribution in [-0.2, 0) is 33.3 Å². The Morgan fingerprint density at radius 1 is 1.08 bits per heavy atom. The van der Waals surface area contributed by atoms with Gasteiger partial charge in [0.1, 0.15) is 11.2 Å². The molecule has 50 heavy (non-hydrogen) atoms. The van der Waals surface area contributed by atoms with Gasteiger partial charge in [-0.15, -0.1) is 0 Å². The largest absolute Gasteiger partial charge is 0.461 e. The molecular formula is C37H53N3O10. The quantitative estimate of drug-likeness (QED) is 0.233. The predicted octanol–water partition coefficient (Wildman–Crippen LogP) is 1.59. The van der Waals surface area contributed by atoms with E-state index in [1.165, 1.54) is 0 Å². The number of fused-ring (bicyclic) bond motifs is 2. The molecule has 0 aromatic heterocycles. The van der Waals surface area contributed by atoms with Gasteiger partial charge >= 0.3 is 5.97 Å². The summed E-state index contributed by atoms with van der Waals surface area (Å²) in [7, 11) is 6.69. The summed E-state index contributed by atoms with van der Waals surface area (Å²) in [6, 6.07) is 6.16. The van der Waals surface area contributed by atoms with Gasteiger partial charge in [-0.3, -0.25) is 14.5 Å². The van der Waals surface area contributed by atoms with Crippen LogP contribution in [0.25, 0.3) is 0 Å². The molecule has 0 unspecified atom stereocenters. The summed E-state index contributed by atoms with van der Waals surface area (Å²) in [5, 5.41) is 29.3. The van der Waals surface area contributed by atoms with Crippen LogP contribution < -0.4 is 11.1 Å². The van der Waals surface area contributed by atoms with Crippen molar-refractivity contribution < 1.29 is 48.3 Å². The number of piperidine rings is 1. The molecular weight excluding hydrogens is 646 g/mol. The maximum atomic E-state index is 13.9. The number of rotatable bonds is 12. The van der Waals surface area contributed by atoms with E-state index in [0.717, 1.165) is 6.42 Å². The van der Waals surface area contributed by atoms with Gasteiger partial charge in [-0.1, -0.05) is 26.0 Å². The summed E-state index contributed by atoms with van der Waals surface area (Å²) in [4.78, 5) is 40.5. The second-order valence-corrected chi connectivity index (χ2v) is 15.9. The number of para-hydroxylation sites is 1. The lowest BCUT2D eigenvalue weighted by molar-refractivity contribution is -0.320. The van der Waals surface area contributed by atoms with Gasteiger partial charge in [0.15, 0.2) is 0 Å². The minimum Gasteiger partial charge on any atom is -0.461 e. The van der Waals surface area contributed by atoms with Crippen molar-refractivity contribution in [2.24, 2.45) is 46.2 Å². The number of esters is 1. The van der Waals surface area contributed by atoms with Gasteiger partial charge in [-0.2, -0.15) is 0 Å². The van der Waals surface area contributed by atoms with Gasteiger partial charge in [0.2, 0.25) is 11.8 Å². The second-order valence-electron chi connectivity index (χ2n) is 15.9. The first-order valence-corrected chi connectivity index (χ1v) is 18.0. The van der Waals surface area contributed by atoms with Crippen molar-refractivity contribution in [2.75, 3.05) is 53.5 Å². The van der Waals surface area contributed by atoms with E-state index < -0.39 is 57.9 Å². The Balaban J connectivity index is 1.28. The number of nitrogens with zero attached hydrogens (tertiary/aromatic N) is 1. The van der Waals surface area contributed by atoms with Gasteiger partial charge in [0, 0.05) is 82.3 Å². The van der Waals surface area contributed by atoms with E-state index in [1.807, 2.05) is 0 Å². The Labute approximate surface area is 293 Å². The highest BCUT2D eigenvalue weighted by Gasteiger charge is 2.91. The molecule has 13 heteroatoms. The van der Waals surface area contributed by atoms with Gasteiger partial charge in [0.05, 0.1) is 48.3 Å². The Kier molecular flexibility index (Phi) is 8.93. The number of aliphatic hydroxyl groups is 2. The van der Waals surface area contributed by atoms with Crippen molar-refractivity contribution in [1.29, 1.82) is 0 Å². The molecule has 276 valence electrons. The van der Waals surface area contributed by atoms with Crippen molar-refractivity contribution in [3.8, 4) is 0 Å². The van der Waals surface area contributed by atoms with E-state index in [0.29, 0.717) is 25.9 Å². The van der Waals surface area contributed by atoms with E-state index in [9.17, 15) is 24.6 Å². The molecule has 7 bridgehead atoms. The number of methoxy groups -OCH3 is 4. The topological polar surface area (TPSA) is 179 Å². The zero-order chi connectivity index (χ0) is 36.0. The van der Waals surface area contributed by atoms with E-state index in [2.05, 4.69) is 17.1 Å².